The summed E-state index contributed by atoms with van der Waals surface area (Å²) in [4.78, 5) is 27.1. The first kappa shape index (κ1) is 36.0. The number of esters is 1. The van der Waals surface area contributed by atoms with E-state index >= 15 is 0 Å². The molecule has 0 aliphatic carbocycles. The van der Waals surface area contributed by atoms with Crippen LogP contribution in [0.5, 0.6) is 0 Å². The Bertz CT molecular complexity index is 1770. The summed E-state index contributed by atoms with van der Waals surface area (Å²) in [6.45, 7) is 13.6. The third-order valence-electron chi connectivity index (χ3n) is 8.30. The van der Waals surface area contributed by atoms with Crippen molar-refractivity contribution in [1.82, 2.24) is 4.57 Å². The number of rotatable bonds is 10. The Balaban J connectivity index is 1.60. The molecule has 0 bridgehead atoms. The first-order valence-electron chi connectivity index (χ1n) is 16.8. The lowest BCUT2D eigenvalue weighted by atomic mass is 9.94. The lowest BCUT2D eigenvalue weighted by molar-refractivity contribution is -0.301. The van der Waals surface area contributed by atoms with Gasteiger partial charge in [0.1, 0.15) is 17.2 Å². The van der Waals surface area contributed by atoms with Crippen LogP contribution in [0.2, 0.25) is 0 Å². The molecule has 260 valence electrons. The number of hydrogen-bond donors (Lipinski definition) is 1. The summed E-state index contributed by atoms with van der Waals surface area (Å²) in [6, 6.07) is 21.9. The summed E-state index contributed by atoms with van der Waals surface area (Å²) >= 11 is 0. The molecule has 9 heteroatoms. The number of anilines is 1. The van der Waals surface area contributed by atoms with Crippen LogP contribution in [0.1, 0.15) is 89.7 Å². The van der Waals surface area contributed by atoms with Gasteiger partial charge in [-0.3, -0.25) is 9.59 Å². The molecule has 1 fully saturated rings. The van der Waals surface area contributed by atoms with Gasteiger partial charge in [0.05, 0.1) is 35.6 Å². The molecule has 0 saturated carbocycles. The van der Waals surface area contributed by atoms with E-state index in [9.17, 15) is 18.4 Å². The second-order valence-corrected chi connectivity index (χ2v) is 14.3. The first-order valence-corrected chi connectivity index (χ1v) is 16.8. The zero-order valence-electron chi connectivity index (χ0n) is 29.3. The van der Waals surface area contributed by atoms with Gasteiger partial charge >= 0.3 is 5.97 Å². The summed E-state index contributed by atoms with van der Waals surface area (Å²) in [5.41, 5.74) is 3.56. The maximum Gasteiger partial charge on any atom is 0.308 e. The van der Waals surface area contributed by atoms with Gasteiger partial charge in [-0.15, -0.1) is 0 Å². The van der Waals surface area contributed by atoms with Crippen molar-refractivity contribution in [2.45, 2.75) is 104 Å². The van der Waals surface area contributed by atoms with Crippen LogP contribution in [0.25, 0.3) is 22.4 Å². The van der Waals surface area contributed by atoms with E-state index in [0.29, 0.717) is 30.5 Å². The van der Waals surface area contributed by atoms with Crippen molar-refractivity contribution in [3.8, 4) is 22.4 Å². The predicted molar refractivity (Wildman–Crippen MR) is 187 cm³/mol. The van der Waals surface area contributed by atoms with E-state index in [0.717, 1.165) is 22.5 Å². The Morgan fingerprint density at radius 3 is 2.18 bits per heavy atom. The van der Waals surface area contributed by atoms with E-state index < -0.39 is 29.2 Å². The zero-order chi connectivity index (χ0) is 35.5. The average Bonchev–Trinajstić information content (AvgIpc) is 3.36. The van der Waals surface area contributed by atoms with Crippen LogP contribution in [0.4, 0.5) is 14.5 Å². The number of aromatic nitrogens is 1. The van der Waals surface area contributed by atoms with Crippen LogP contribution in [0.15, 0.2) is 78.9 Å². The fourth-order valence-electron chi connectivity index (χ4n) is 6.60. The van der Waals surface area contributed by atoms with Crippen molar-refractivity contribution >= 4 is 17.6 Å². The van der Waals surface area contributed by atoms with E-state index in [1.807, 2.05) is 78.8 Å². The lowest BCUT2D eigenvalue weighted by Crippen LogP contribution is -2.46. The fourth-order valence-corrected chi connectivity index (χ4v) is 6.60. The maximum absolute atomic E-state index is 14.8. The number of benzene rings is 3. The monoisotopic (exact) mass is 672 g/mol. The first-order chi connectivity index (χ1) is 23.1. The number of amides is 1. The molecule has 1 amide bonds. The number of halogens is 2. The molecule has 1 N–H and O–H groups in total. The number of nitrogens with zero attached hydrogens (tertiary/aromatic N) is 1. The highest BCUT2D eigenvalue weighted by Crippen LogP contribution is 2.43. The third kappa shape index (κ3) is 8.83. The van der Waals surface area contributed by atoms with E-state index in [2.05, 4.69) is 9.88 Å². The predicted octanol–water partition coefficient (Wildman–Crippen LogP) is 9.51. The third-order valence-corrected chi connectivity index (χ3v) is 8.30. The van der Waals surface area contributed by atoms with Gasteiger partial charge in [0, 0.05) is 24.2 Å². The van der Waals surface area contributed by atoms with Crippen LogP contribution in [0, 0.1) is 11.6 Å². The van der Waals surface area contributed by atoms with Crippen molar-refractivity contribution in [2.75, 3.05) is 5.32 Å². The minimum Gasteiger partial charge on any atom is -0.460 e. The fraction of sp³-hybridized carbons (Fsp3) is 0.400. The largest absolute Gasteiger partial charge is 0.460 e. The Morgan fingerprint density at radius 2 is 1.55 bits per heavy atom. The molecule has 1 saturated heterocycles. The molecule has 0 spiro atoms. The van der Waals surface area contributed by atoms with Crippen molar-refractivity contribution < 1.29 is 32.6 Å². The Labute approximate surface area is 287 Å². The molecule has 3 aromatic carbocycles. The molecule has 7 nitrogen and oxygen atoms in total. The van der Waals surface area contributed by atoms with Crippen molar-refractivity contribution in [3.63, 3.8) is 0 Å². The quantitative estimate of drug-likeness (QED) is 0.170. The Hall–Kier alpha value is -4.34. The summed E-state index contributed by atoms with van der Waals surface area (Å²) in [5.74, 6) is -2.77. The minimum absolute atomic E-state index is 0.0752. The van der Waals surface area contributed by atoms with Gasteiger partial charge in [-0.2, -0.15) is 0 Å². The summed E-state index contributed by atoms with van der Waals surface area (Å²) in [7, 11) is 0. The number of para-hydroxylation sites is 1. The van der Waals surface area contributed by atoms with E-state index in [4.69, 9.17) is 14.2 Å². The van der Waals surface area contributed by atoms with Crippen LogP contribution in [0.3, 0.4) is 0 Å². The smallest absolute Gasteiger partial charge is 0.308 e. The molecule has 1 aromatic heterocycles. The number of nitrogens with one attached hydrogen (secondary N) is 1. The van der Waals surface area contributed by atoms with Crippen molar-refractivity contribution in [3.05, 3.63) is 102 Å². The van der Waals surface area contributed by atoms with Gasteiger partial charge in [-0.1, -0.05) is 56.3 Å². The van der Waals surface area contributed by atoms with Crippen molar-refractivity contribution in [2.24, 2.45) is 0 Å². The van der Waals surface area contributed by atoms with E-state index in [-0.39, 0.29) is 35.9 Å². The summed E-state index contributed by atoms with van der Waals surface area (Å²) in [5, 5.41) is 2.82. The summed E-state index contributed by atoms with van der Waals surface area (Å²) < 4.78 is 49.3. The molecule has 2 atom stereocenters. The number of carbonyl (C=O) groups is 2. The second kappa shape index (κ2) is 14.6. The minimum atomic E-state index is -0.938. The molecule has 1 aliphatic heterocycles. The standard InChI is InChI=1S/C40H46F2N2O5/c1-25(2)36-35(38(46)43-32-16-12-11-15-31(32)42)34(26-13-9-8-10-14-26)37(27-17-19-28(41)20-18-27)44(36)22-21-29-23-30(48-40(6,7)47-29)24-33(45)49-39(3,4)5/h8-20,25,29-30H,21-24H2,1-7H3,(H,43,46). The van der Waals surface area contributed by atoms with Crippen molar-refractivity contribution in [1.29, 1.82) is 0 Å². The molecule has 4 aromatic rings. The topological polar surface area (TPSA) is 78.8 Å². The molecule has 1 aliphatic rings. The molecular formula is C40H46F2N2O5. The Kier molecular flexibility index (Phi) is 10.7. The maximum atomic E-state index is 14.8. The lowest BCUT2D eigenvalue weighted by Gasteiger charge is -2.41. The highest BCUT2D eigenvalue weighted by molar-refractivity contribution is 6.12. The molecule has 2 unspecified atom stereocenters. The number of hydrogen-bond acceptors (Lipinski definition) is 5. The van der Waals surface area contributed by atoms with Gasteiger partial charge in [0.15, 0.2) is 5.79 Å². The van der Waals surface area contributed by atoms with E-state index in [1.165, 1.54) is 24.3 Å². The Morgan fingerprint density at radius 1 is 0.918 bits per heavy atom. The normalized spacial score (nSPS) is 17.6. The van der Waals surface area contributed by atoms with Gasteiger partial charge in [0.25, 0.3) is 5.91 Å². The zero-order valence-corrected chi connectivity index (χ0v) is 29.3. The number of ether oxygens (including phenoxy) is 3. The number of carbonyl (C=O) groups excluding carboxylic acids is 2. The highest BCUT2D eigenvalue weighted by atomic mass is 19.1. The molecule has 0 radical (unpaired) electrons. The summed E-state index contributed by atoms with van der Waals surface area (Å²) in [6.07, 6.45) is 0.412. The molecular weight excluding hydrogens is 626 g/mol. The van der Waals surface area contributed by atoms with Gasteiger partial charge < -0.3 is 24.1 Å². The van der Waals surface area contributed by atoms with Crippen LogP contribution in [-0.4, -0.2) is 40.0 Å². The van der Waals surface area contributed by atoms with Crippen LogP contribution < -0.4 is 5.32 Å². The molecule has 2 heterocycles. The SMILES string of the molecule is CC(C)c1c(C(=O)Nc2ccccc2F)c(-c2ccccc2)c(-c2ccc(F)cc2)n1CCC1CC(CC(=O)OC(C)(C)C)OC(C)(C)O1. The van der Waals surface area contributed by atoms with Crippen LogP contribution in [-0.2, 0) is 25.5 Å². The average molecular weight is 673 g/mol. The van der Waals surface area contributed by atoms with Gasteiger partial charge in [-0.05, 0) is 94.5 Å². The second-order valence-electron chi connectivity index (χ2n) is 14.3. The van der Waals surface area contributed by atoms with Crippen LogP contribution >= 0.6 is 0 Å². The molecule has 49 heavy (non-hydrogen) atoms. The van der Waals surface area contributed by atoms with Gasteiger partial charge in [-0.25, -0.2) is 8.78 Å². The molecule has 5 rings (SSSR count). The van der Waals surface area contributed by atoms with Gasteiger partial charge in [0.2, 0.25) is 0 Å². The highest BCUT2D eigenvalue weighted by Gasteiger charge is 2.38. The van der Waals surface area contributed by atoms with E-state index in [1.54, 1.807) is 24.3 Å².